The fourth-order valence-corrected chi connectivity index (χ4v) is 4.84. The van der Waals surface area contributed by atoms with E-state index in [2.05, 4.69) is 11.1 Å². The highest BCUT2D eigenvalue weighted by Gasteiger charge is 2.47. The third-order valence-corrected chi connectivity index (χ3v) is 6.17. The normalized spacial score (nSPS) is 22.8. The highest BCUT2D eigenvalue weighted by molar-refractivity contribution is 5.97. The smallest absolute Gasteiger partial charge is 0.245 e. The second-order valence-electron chi connectivity index (χ2n) is 7.79. The number of aromatic nitrogens is 1. The lowest BCUT2D eigenvalue weighted by molar-refractivity contribution is -0.157. The third kappa shape index (κ3) is 2.24. The molecule has 0 spiro atoms. The largest absolute Gasteiger partial charge is 0.454 e. The van der Waals surface area contributed by atoms with Crippen LogP contribution in [0.2, 0.25) is 0 Å². The van der Waals surface area contributed by atoms with Crippen LogP contribution in [-0.2, 0) is 16.0 Å². The number of piperazine rings is 1. The van der Waals surface area contributed by atoms with Gasteiger partial charge in [-0.05, 0) is 29.3 Å². The van der Waals surface area contributed by atoms with Crippen molar-refractivity contribution in [3.05, 3.63) is 59.3 Å². The van der Waals surface area contributed by atoms with Gasteiger partial charge in [0.05, 0.1) is 12.6 Å². The second kappa shape index (κ2) is 5.76. The number of para-hydroxylation sites is 1. The summed E-state index contributed by atoms with van der Waals surface area (Å²) in [7, 11) is 1.69. The number of nitrogens with one attached hydrogen (secondary N) is 1. The molecule has 0 aliphatic carbocycles. The first-order valence-electron chi connectivity index (χ1n) is 9.67. The van der Waals surface area contributed by atoms with Gasteiger partial charge in [0.15, 0.2) is 11.5 Å². The predicted molar refractivity (Wildman–Crippen MR) is 105 cm³/mol. The van der Waals surface area contributed by atoms with Crippen molar-refractivity contribution < 1.29 is 19.1 Å². The topological polar surface area (TPSA) is 74.9 Å². The molecule has 4 heterocycles. The van der Waals surface area contributed by atoms with Crippen molar-refractivity contribution in [3.8, 4) is 11.5 Å². The number of aromatic amines is 1. The number of carbonyl (C=O) groups is 2. The van der Waals surface area contributed by atoms with Gasteiger partial charge in [0.1, 0.15) is 6.04 Å². The molecule has 6 rings (SSSR count). The molecule has 7 nitrogen and oxygen atoms in total. The summed E-state index contributed by atoms with van der Waals surface area (Å²) >= 11 is 0. The molecule has 3 aliphatic rings. The maximum atomic E-state index is 13.1. The molecule has 3 aliphatic heterocycles. The standard InChI is InChI=1S/C22H19N3O4/c1-24-10-19(26)25-16(22(24)27)9-14-13-4-2-3-5-15(13)23-20(14)21(25)12-6-7-17-18(8-12)29-11-28-17/h2-8,16,21,23H,9-11H2,1H3. The summed E-state index contributed by atoms with van der Waals surface area (Å²) in [5.41, 5.74) is 3.97. The minimum atomic E-state index is -0.511. The molecule has 146 valence electrons. The van der Waals surface area contributed by atoms with E-state index >= 15 is 0 Å². The van der Waals surface area contributed by atoms with Crippen LogP contribution >= 0.6 is 0 Å². The van der Waals surface area contributed by atoms with Gasteiger partial charge < -0.3 is 24.3 Å². The molecule has 1 aromatic heterocycles. The Balaban J connectivity index is 1.59. The molecule has 0 radical (unpaired) electrons. The molecule has 2 unspecified atom stereocenters. The first-order chi connectivity index (χ1) is 14.1. The summed E-state index contributed by atoms with van der Waals surface area (Å²) in [6.45, 7) is 0.279. The van der Waals surface area contributed by atoms with Crippen molar-refractivity contribution in [1.29, 1.82) is 0 Å². The number of amides is 2. The highest BCUT2D eigenvalue weighted by atomic mass is 16.7. The van der Waals surface area contributed by atoms with Gasteiger partial charge in [0.2, 0.25) is 18.6 Å². The van der Waals surface area contributed by atoms with Crippen molar-refractivity contribution in [2.45, 2.75) is 18.5 Å². The average Bonchev–Trinajstić information content (AvgIpc) is 3.34. The van der Waals surface area contributed by atoms with Crippen molar-refractivity contribution in [1.82, 2.24) is 14.8 Å². The average molecular weight is 389 g/mol. The number of hydrogen-bond acceptors (Lipinski definition) is 4. The van der Waals surface area contributed by atoms with E-state index in [-0.39, 0.29) is 31.2 Å². The van der Waals surface area contributed by atoms with Crippen molar-refractivity contribution in [3.63, 3.8) is 0 Å². The van der Waals surface area contributed by atoms with Crippen LogP contribution in [0.4, 0.5) is 0 Å². The van der Waals surface area contributed by atoms with Crippen LogP contribution < -0.4 is 9.47 Å². The number of benzene rings is 2. The molecule has 2 aromatic carbocycles. The first-order valence-corrected chi connectivity index (χ1v) is 9.67. The lowest BCUT2D eigenvalue weighted by Crippen LogP contribution is -2.62. The van der Waals surface area contributed by atoms with Gasteiger partial charge in [-0.15, -0.1) is 0 Å². The van der Waals surface area contributed by atoms with Gasteiger partial charge >= 0.3 is 0 Å². The number of hydrogen-bond donors (Lipinski definition) is 1. The minimum Gasteiger partial charge on any atom is -0.454 e. The van der Waals surface area contributed by atoms with Crippen LogP contribution in [0.15, 0.2) is 42.5 Å². The van der Waals surface area contributed by atoms with Gasteiger partial charge in [0, 0.05) is 30.1 Å². The Morgan fingerprint density at radius 3 is 2.79 bits per heavy atom. The van der Waals surface area contributed by atoms with Crippen LogP contribution in [-0.4, -0.2) is 53.0 Å². The summed E-state index contributed by atoms with van der Waals surface area (Å²) in [5, 5.41) is 1.10. The number of likely N-dealkylation sites (N-methyl/N-ethyl adjacent to an activating group) is 1. The van der Waals surface area contributed by atoms with E-state index in [0.29, 0.717) is 17.9 Å². The molecule has 1 saturated heterocycles. The summed E-state index contributed by atoms with van der Waals surface area (Å²) < 4.78 is 11.0. The zero-order valence-corrected chi connectivity index (χ0v) is 15.8. The molecule has 3 aromatic rings. The Labute approximate surface area is 166 Å². The van der Waals surface area contributed by atoms with Gasteiger partial charge in [-0.2, -0.15) is 0 Å². The lowest BCUT2D eigenvalue weighted by atomic mass is 9.86. The van der Waals surface area contributed by atoms with E-state index in [9.17, 15) is 9.59 Å². The monoisotopic (exact) mass is 389 g/mol. The first kappa shape index (κ1) is 16.5. The Bertz CT molecular complexity index is 1180. The molecule has 2 amide bonds. The van der Waals surface area contributed by atoms with Gasteiger partial charge in [0.25, 0.3) is 0 Å². The fraction of sp³-hybridized carbons (Fsp3) is 0.273. The van der Waals surface area contributed by atoms with Crippen LogP contribution in [0, 0.1) is 0 Å². The van der Waals surface area contributed by atoms with Crippen LogP contribution in [0.5, 0.6) is 11.5 Å². The van der Waals surface area contributed by atoms with E-state index in [1.807, 2.05) is 36.4 Å². The Kier molecular flexibility index (Phi) is 3.27. The molecule has 1 fully saturated rings. The summed E-state index contributed by atoms with van der Waals surface area (Å²) in [6, 6.07) is 12.9. The molecule has 1 N–H and O–H groups in total. The van der Waals surface area contributed by atoms with E-state index in [4.69, 9.17) is 9.47 Å². The predicted octanol–water partition coefficient (Wildman–Crippen LogP) is 2.21. The minimum absolute atomic E-state index is 0.0220. The third-order valence-electron chi connectivity index (χ3n) is 6.17. The molecule has 29 heavy (non-hydrogen) atoms. The second-order valence-corrected chi connectivity index (χ2v) is 7.79. The van der Waals surface area contributed by atoms with Crippen molar-refractivity contribution >= 4 is 22.7 Å². The summed E-state index contributed by atoms with van der Waals surface area (Å²) in [4.78, 5) is 32.9. The van der Waals surface area contributed by atoms with Crippen molar-refractivity contribution in [2.75, 3.05) is 20.4 Å². The molecule has 2 atom stereocenters. The molecule has 0 saturated carbocycles. The highest BCUT2D eigenvalue weighted by Crippen LogP contribution is 2.44. The Morgan fingerprint density at radius 2 is 1.90 bits per heavy atom. The van der Waals surface area contributed by atoms with Gasteiger partial charge in [-0.3, -0.25) is 9.59 Å². The fourth-order valence-electron chi connectivity index (χ4n) is 4.84. The van der Waals surface area contributed by atoms with Crippen molar-refractivity contribution in [2.24, 2.45) is 0 Å². The molecule has 7 heteroatoms. The Hall–Kier alpha value is -3.48. The zero-order chi connectivity index (χ0) is 19.7. The number of carbonyl (C=O) groups excluding carboxylic acids is 2. The maximum absolute atomic E-state index is 13.1. The number of ether oxygens (including phenoxy) is 2. The molecular formula is C22H19N3O4. The van der Waals surface area contributed by atoms with Crippen LogP contribution in [0.1, 0.15) is 22.9 Å². The number of rotatable bonds is 1. The number of nitrogens with zero attached hydrogens (tertiary/aromatic N) is 2. The van der Waals surface area contributed by atoms with Crippen LogP contribution in [0.25, 0.3) is 10.9 Å². The molecule has 0 bridgehead atoms. The van der Waals surface area contributed by atoms with E-state index < -0.39 is 6.04 Å². The molecular weight excluding hydrogens is 370 g/mol. The SMILES string of the molecule is CN1CC(=O)N2C(Cc3c([nH]c4ccccc34)C2c2ccc3c(c2)OCO3)C1=O. The number of fused-ring (bicyclic) bond motifs is 5. The van der Waals surface area contributed by atoms with E-state index in [1.54, 1.807) is 11.9 Å². The van der Waals surface area contributed by atoms with Gasteiger partial charge in [-0.25, -0.2) is 0 Å². The quantitative estimate of drug-likeness (QED) is 0.693. The summed E-state index contributed by atoms with van der Waals surface area (Å²) in [6.07, 6.45) is 0.509. The Morgan fingerprint density at radius 1 is 1.07 bits per heavy atom. The number of H-pyrrole nitrogens is 1. The van der Waals surface area contributed by atoms with E-state index in [0.717, 1.165) is 27.7 Å². The van der Waals surface area contributed by atoms with E-state index in [1.165, 1.54) is 4.90 Å². The zero-order valence-electron chi connectivity index (χ0n) is 15.8. The van der Waals surface area contributed by atoms with Gasteiger partial charge in [-0.1, -0.05) is 24.3 Å². The van der Waals surface area contributed by atoms with Crippen LogP contribution in [0.3, 0.4) is 0 Å². The summed E-state index contributed by atoms with van der Waals surface area (Å²) in [5.74, 6) is 1.28. The lowest BCUT2D eigenvalue weighted by Gasteiger charge is -2.46. The maximum Gasteiger partial charge on any atom is 0.245 e.